The SMILES string of the molecule is CN(C)CCCN(C)CC1(C=O)CCCCCC1. The fourth-order valence-electron chi connectivity index (χ4n) is 3.02. The molecule has 0 radical (unpaired) electrons. The lowest BCUT2D eigenvalue weighted by Crippen LogP contribution is -2.37. The third-order valence-electron chi connectivity index (χ3n) is 4.08. The van der Waals surface area contributed by atoms with Crippen LogP contribution in [0.25, 0.3) is 0 Å². The van der Waals surface area contributed by atoms with Gasteiger partial charge in [0.2, 0.25) is 0 Å². The van der Waals surface area contributed by atoms with Gasteiger partial charge in [0, 0.05) is 12.0 Å². The zero-order valence-electron chi connectivity index (χ0n) is 12.5. The zero-order chi connectivity index (χ0) is 13.4. The summed E-state index contributed by atoms with van der Waals surface area (Å²) in [7, 11) is 6.38. The summed E-state index contributed by atoms with van der Waals surface area (Å²) < 4.78 is 0. The maximum Gasteiger partial charge on any atom is 0.127 e. The molecule has 0 aliphatic heterocycles. The maximum atomic E-state index is 11.5. The van der Waals surface area contributed by atoms with Crippen molar-refractivity contribution < 1.29 is 4.79 Å². The Balaban J connectivity index is 2.38. The fourth-order valence-corrected chi connectivity index (χ4v) is 3.02. The minimum Gasteiger partial charge on any atom is -0.309 e. The second kappa shape index (κ2) is 7.90. The smallest absolute Gasteiger partial charge is 0.127 e. The van der Waals surface area contributed by atoms with E-state index in [2.05, 4.69) is 30.9 Å². The lowest BCUT2D eigenvalue weighted by atomic mass is 9.81. The maximum absolute atomic E-state index is 11.5. The van der Waals surface area contributed by atoms with E-state index in [1.807, 2.05) is 0 Å². The van der Waals surface area contributed by atoms with E-state index in [0.29, 0.717) is 0 Å². The van der Waals surface area contributed by atoms with Crippen molar-refractivity contribution in [1.82, 2.24) is 9.80 Å². The minimum absolute atomic E-state index is 0.0522. The molecule has 0 heterocycles. The van der Waals surface area contributed by atoms with Gasteiger partial charge in [0.05, 0.1) is 0 Å². The molecule has 0 spiro atoms. The van der Waals surface area contributed by atoms with Crippen LogP contribution in [0.3, 0.4) is 0 Å². The van der Waals surface area contributed by atoms with Gasteiger partial charge in [-0.15, -0.1) is 0 Å². The van der Waals surface area contributed by atoms with Crippen LogP contribution in [0, 0.1) is 5.41 Å². The largest absolute Gasteiger partial charge is 0.309 e. The van der Waals surface area contributed by atoms with Gasteiger partial charge in [-0.3, -0.25) is 0 Å². The van der Waals surface area contributed by atoms with Gasteiger partial charge in [0.1, 0.15) is 6.29 Å². The van der Waals surface area contributed by atoms with Crippen LogP contribution in [-0.4, -0.2) is 56.9 Å². The minimum atomic E-state index is -0.0522. The molecule has 1 aliphatic carbocycles. The van der Waals surface area contributed by atoms with E-state index in [4.69, 9.17) is 0 Å². The standard InChI is InChI=1S/C15H30N2O/c1-16(2)11-8-12-17(3)13-15(14-18)9-6-4-5-7-10-15/h14H,4-13H2,1-3H3. The highest BCUT2D eigenvalue weighted by molar-refractivity contribution is 5.59. The third-order valence-corrected chi connectivity index (χ3v) is 4.08. The number of carbonyl (C=O) groups is 1. The van der Waals surface area contributed by atoms with E-state index < -0.39 is 0 Å². The van der Waals surface area contributed by atoms with Crippen molar-refractivity contribution in [2.75, 3.05) is 40.8 Å². The number of nitrogens with zero attached hydrogens (tertiary/aromatic N) is 2. The summed E-state index contributed by atoms with van der Waals surface area (Å²) >= 11 is 0. The van der Waals surface area contributed by atoms with Gasteiger partial charge in [0.15, 0.2) is 0 Å². The topological polar surface area (TPSA) is 23.6 Å². The first-order valence-electron chi connectivity index (χ1n) is 7.38. The Hall–Kier alpha value is -0.410. The molecule has 106 valence electrons. The Morgan fingerprint density at radius 3 is 2.11 bits per heavy atom. The zero-order valence-corrected chi connectivity index (χ0v) is 12.5. The number of aldehydes is 1. The van der Waals surface area contributed by atoms with Crippen molar-refractivity contribution in [3.63, 3.8) is 0 Å². The second-order valence-corrected chi connectivity index (χ2v) is 6.29. The molecule has 0 saturated heterocycles. The molecule has 1 aliphatic rings. The Kier molecular flexibility index (Phi) is 6.87. The molecule has 0 amide bonds. The summed E-state index contributed by atoms with van der Waals surface area (Å²) in [4.78, 5) is 16.1. The summed E-state index contributed by atoms with van der Waals surface area (Å²) in [5.74, 6) is 0. The van der Waals surface area contributed by atoms with Crippen molar-refractivity contribution in [2.24, 2.45) is 5.41 Å². The van der Waals surface area contributed by atoms with Crippen LogP contribution >= 0.6 is 0 Å². The van der Waals surface area contributed by atoms with Crippen molar-refractivity contribution in [3.05, 3.63) is 0 Å². The lowest BCUT2D eigenvalue weighted by molar-refractivity contribution is -0.117. The first kappa shape index (κ1) is 15.6. The first-order chi connectivity index (χ1) is 8.58. The normalized spacial score (nSPS) is 20.1. The Labute approximate surface area is 113 Å². The predicted octanol–water partition coefficient (Wildman–Crippen LogP) is 2.41. The molecule has 0 aromatic heterocycles. The summed E-state index contributed by atoms with van der Waals surface area (Å²) in [6.07, 6.45) is 9.68. The molecular weight excluding hydrogens is 224 g/mol. The number of hydrogen-bond acceptors (Lipinski definition) is 3. The van der Waals surface area contributed by atoms with Crippen molar-refractivity contribution in [2.45, 2.75) is 44.9 Å². The molecule has 1 saturated carbocycles. The first-order valence-corrected chi connectivity index (χ1v) is 7.38. The van der Waals surface area contributed by atoms with Gasteiger partial charge in [-0.25, -0.2) is 0 Å². The van der Waals surface area contributed by atoms with E-state index in [-0.39, 0.29) is 5.41 Å². The Morgan fingerprint density at radius 2 is 1.61 bits per heavy atom. The molecule has 0 unspecified atom stereocenters. The van der Waals surface area contributed by atoms with E-state index >= 15 is 0 Å². The molecule has 0 aromatic carbocycles. The number of hydrogen-bond donors (Lipinski definition) is 0. The monoisotopic (exact) mass is 254 g/mol. The second-order valence-electron chi connectivity index (χ2n) is 6.29. The molecular formula is C15H30N2O. The summed E-state index contributed by atoms with van der Waals surface area (Å²) in [6, 6.07) is 0. The van der Waals surface area contributed by atoms with Crippen LogP contribution in [0.4, 0.5) is 0 Å². The molecule has 0 aromatic rings. The van der Waals surface area contributed by atoms with Crippen LogP contribution in [0.15, 0.2) is 0 Å². The molecule has 18 heavy (non-hydrogen) atoms. The molecule has 3 heteroatoms. The average molecular weight is 254 g/mol. The molecule has 1 fully saturated rings. The average Bonchev–Trinajstić information content (AvgIpc) is 2.55. The summed E-state index contributed by atoms with van der Waals surface area (Å²) in [5.41, 5.74) is -0.0522. The van der Waals surface area contributed by atoms with Crippen LogP contribution in [0.5, 0.6) is 0 Å². The highest BCUT2D eigenvalue weighted by Gasteiger charge is 2.31. The molecule has 1 rings (SSSR count). The Bertz CT molecular complexity index is 233. The van der Waals surface area contributed by atoms with E-state index in [1.165, 1.54) is 38.4 Å². The van der Waals surface area contributed by atoms with Gasteiger partial charge < -0.3 is 14.6 Å². The Morgan fingerprint density at radius 1 is 1.00 bits per heavy atom. The number of rotatable bonds is 7. The highest BCUT2D eigenvalue weighted by Crippen LogP contribution is 2.33. The molecule has 0 atom stereocenters. The van der Waals surface area contributed by atoms with Crippen LogP contribution < -0.4 is 0 Å². The van der Waals surface area contributed by atoms with Crippen LogP contribution in [-0.2, 0) is 4.79 Å². The van der Waals surface area contributed by atoms with Gasteiger partial charge in [0.25, 0.3) is 0 Å². The van der Waals surface area contributed by atoms with Crippen molar-refractivity contribution >= 4 is 6.29 Å². The van der Waals surface area contributed by atoms with E-state index in [9.17, 15) is 4.79 Å². The highest BCUT2D eigenvalue weighted by atomic mass is 16.1. The lowest BCUT2D eigenvalue weighted by Gasteiger charge is -2.31. The van der Waals surface area contributed by atoms with Crippen molar-refractivity contribution in [1.29, 1.82) is 0 Å². The fraction of sp³-hybridized carbons (Fsp3) is 0.933. The van der Waals surface area contributed by atoms with E-state index in [0.717, 1.165) is 32.5 Å². The third kappa shape index (κ3) is 5.49. The molecule has 3 nitrogen and oxygen atoms in total. The van der Waals surface area contributed by atoms with Gasteiger partial charge in [-0.2, -0.15) is 0 Å². The van der Waals surface area contributed by atoms with Crippen LogP contribution in [0.2, 0.25) is 0 Å². The summed E-state index contributed by atoms with van der Waals surface area (Å²) in [5, 5.41) is 0. The van der Waals surface area contributed by atoms with E-state index in [1.54, 1.807) is 0 Å². The van der Waals surface area contributed by atoms with Gasteiger partial charge >= 0.3 is 0 Å². The quantitative estimate of drug-likeness (QED) is 0.515. The number of carbonyl (C=O) groups excluding carboxylic acids is 1. The van der Waals surface area contributed by atoms with Gasteiger partial charge in [-0.05, 0) is 53.5 Å². The predicted molar refractivity (Wildman–Crippen MR) is 76.9 cm³/mol. The van der Waals surface area contributed by atoms with Gasteiger partial charge in [-0.1, -0.05) is 25.7 Å². The van der Waals surface area contributed by atoms with Crippen molar-refractivity contribution in [3.8, 4) is 0 Å². The van der Waals surface area contributed by atoms with Crippen LogP contribution in [0.1, 0.15) is 44.9 Å². The molecule has 0 bridgehead atoms. The summed E-state index contributed by atoms with van der Waals surface area (Å²) in [6.45, 7) is 3.16. The molecule has 0 N–H and O–H groups in total.